The lowest BCUT2D eigenvalue weighted by Crippen LogP contribution is -2.34. The van der Waals surface area contributed by atoms with Crippen LogP contribution in [0.4, 0.5) is 10.3 Å². The summed E-state index contributed by atoms with van der Waals surface area (Å²) in [6, 6.07) is 8.82. The number of fused-ring (bicyclic) bond motifs is 1. The molecule has 1 fully saturated rings. The standard InChI is InChI=1S/C27H25FN6O3/c1-2-3-12-33-13-4-5-18(16-33)24-22-9-11-31-27(29)34(22)25(32-24)20-7-6-19(15-21(20)28)37-23-14-17(26(35)36)8-10-30-23/h6-11,14-15,18H,4-5,12-13,16H2,1H3,(H2,29,31)(H,35,36). The van der Waals surface area contributed by atoms with E-state index in [0.29, 0.717) is 12.4 Å². The van der Waals surface area contributed by atoms with Gasteiger partial charge in [-0.25, -0.2) is 24.1 Å². The van der Waals surface area contributed by atoms with Crippen LogP contribution in [0.25, 0.3) is 16.9 Å². The minimum absolute atomic E-state index is 0.0180. The number of aromatic nitrogens is 4. The highest BCUT2D eigenvalue weighted by atomic mass is 19.1. The van der Waals surface area contributed by atoms with Gasteiger partial charge in [-0.2, -0.15) is 0 Å². The van der Waals surface area contributed by atoms with Crippen molar-refractivity contribution in [3.63, 3.8) is 0 Å². The molecule has 0 radical (unpaired) electrons. The third kappa shape index (κ3) is 4.94. The first-order chi connectivity index (χ1) is 17.9. The summed E-state index contributed by atoms with van der Waals surface area (Å²) in [5.41, 5.74) is 8.14. The Balaban J connectivity index is 1.49. The van der Waals surface area contributed by atoms with E-state index in [0.717, 1.165) is 37.1 Å². The zero-order valence-corrected chi connectivity index (χ0v) is 20.2. The number of nitrogens with zero attached hydrogens (tertiary/aromatic N) is 5. The first-order valence-electron chi connectivity index (χ1n) is 11.9. The van der Waals surface area contributed by atoms with Crippen LogP contribution in [0.5, 0.6) is 11.6 Å². The molecule has 1 aliphatic rings. The van der Waals surface area contributed by atoms with Crippen LogP contribution in [-0.4, -0.2) is 55.0 Å². The Bertz CT molecular complexity index is 1540. The number of nitrogens with two attached hydrogens (primary N) is 1. The van der Waals surface area contributed by atoms with Crippen molar-refractivity contribution >= 4 is 17.4 Å². The maximum absolute atomic E-state index is 15.4. The molecule has 0 amide bonds. The van der Waals surface area contributed by atoms with Crippen molar-refractivity contribution in [3.05, 3.63) is 65.9 Å². The predicted molar refractivity (Wildman–Crippen MR) is 136 cm³/mol. The average Bonchev–Trinajstić information content (AvgIpc) is 3.28. The number of carboxylic acids is 1. The lowest BCUT2D eigenvalue weighted by molar-refractivity contribution is 0.0696. The summed E-state index contributed by atoms with van der Waals surface area (Å²) in [6.45, 7) is 4.32. The molecule has 188 valence electrons. The minimum Gasteiger partial charge on any atom is -0.478 e. The molecule has 4 heterocycles. The van der Waals surface area contributed by atoms with Crippen molar-refractivity contribution in [3.8, 4) is 34.9 Å². The van der Waals surface area contributed by atoms with Crippen molar-refractivity contribution in [2.75, 3.05) is 25.4 Å². The number of anilines is 1. The summed E-state index contributed by atoms with van der Waals surface area (Å²) < 4.78 is 22.7. The molecule has 0 spiro atoms. The molecule has 1 saturated heterocycles. The molecule has 10 heteroatoms. The number of hydrogen-bond donors (Lipinski definition) is 2. The van der Waals surface area contributed by atoms with Crippen LogP contribution in [-0.2, 0) is 0 Å². The number of piperidine rings is 1. The van der Waals surface area contributed by atoms with Crippen molar-refractivity contribution in [1.29, 1.82) is 0 Å². The third-order valence-corrected chi connectivity index (χ3v) is 6.37. The second-order valence-electron chi connectivity index (χ2n) is 8.78. The number of nitrogen functional groups attached to an aromatic ring is 1. The number of aromatic carboxylic acids is 1. The Morgan fingerprint density at radius 2 is 2.08 bits per heavy atom. The van der Waals surface area contributed by atoms with Gasteiger partial charge in [0.15, 0.2) is 5.82 Å². The summed E-state index contributed by atoms with van der Waals surface area (Å²) in [7, 11) is 0. The summed E-state index contributed by atoms with van der Waals surface area (Å²) in [5.74, 6) is 5.33. The molecule has 1 aliphatic heterocycles. The van der Waals surface area contributed by atoms with E-state index in [9.17, 15) is 4.79 Å². The Morgan fingerprint density at radius 1 is 1.24 bits per heavy atom. The van der Waals surface area contributed by atoms with Crippen LogP contribution in [0.3, 0.4) is 0 Å². The van der Waals surface area contributed by atoms with Crippen molar-refractivity contribution < 1.29 is 19.0 Å². The molecular weight excluding hydrogens is 475 g/mol. The lowest BCUT2D eigenvalue weighted by atomic mass is 9.94. The van der Waals surface area contributed by atoms with Crippen LogP contribution >= 0.6 is 0 Å². The first kappa shape index (κ1) is 24.2. The molecule has 1 unspecified atom stereocenters. The van der Waals surface area contributed by atoms with Gasteiger partial charge >= 0.3 is 5.97 Å². The first-order valence-corrected chi connectivity index (χ1v) is 11.9. The van der Waals surface area contributed by atoms with Gasteiger partial charge in [0.05, 0.1) is 28.9 Å². The zero-order chi connectivity index (χ0) is 25.9. The quantitative estimate of drug-likeness (QED) is 0.378. The highest BCUT2D eigenvalue weighted by molar-refractivity contribution is 5.87. The predicted octanol–water partition coefficient (Wildman–Crippen LogP) is 4.21. The average molecular weight is 501 g/mol. The fourth-order valence-corrected chi connectivity index (χ4v) is 4.64. The van der Waals surface area contributed by atoms with E-state index in [1.54, 1.807) is 22.7 Å². The maximum atomic E-state index is 15.4. The monoisotopic (exact) mass is 500 g/mol. The van der Waals surface area contributed by atoms with Crippen molar-refractivity contribution in [1.82, 2.24) is 24.3 Å². The van der Waals surface area contributed by atoms with Gasteiger partial charge in [0, 0.05) is 37.0 Å². The Labute approximate surface area is 212 Å². The summed E-state index contributed by atoms with van der Waals surface area (Å²) in [4.78, 5) is 26.6. The van der Waals surface area contributed by atoms with E-state index in [2.05, 4.69) is 26.7 Å². The minimum atomic E-state index is -1.11. The number of pyridine rings is 1. The van der Waals surface area contributed by atoms with Gasteiger partial charge in [-0.15, -0.1) is 5.92 Å². The molecule has 0 aliphatic carbocycles. The number of likely N-dealkylation sites (tertiary alicyclic amines) is 1. The van der Waals surface area contributed by atoms with Gasteiger partial charge in [-0.1, -0.05) is 5.92 Å². The SMILES string of the molecule is CC#CCN1CCCC(c2nc(-c3ccc(Oc4cc(C(=O)O)ccn4)cc3F)n3c(N)nccc23)C1. The van der Waals surface area contributed by atoms with Gasteiger partial charge in [0.1, 0.15) is 11.6 Å². The van der Waals surface area contributed by atoms with Gasteiger partial charge in [0.2, 0.25) is 11.8 Å². The fraction of sp³-hybridized carbons (Fsp3) is 0.259. The van der Waals surface area contributed by atoms with Gasteiger partial charge in [-0.3, -0.25) is 9.30 Å². The highest BCUT2D eigenvalue weighted by Crippen LogP contribution is 2.35. The summed E-state index contributed by atoms with van der Waals surface area (Å²) >= 11 is 0. The van der Waals surface area contributed by atoms with Crippen LogP contribution in [0.15, 0.2) is 48.8 Å². The topological polar surface area (TPSA) is 119 Å². The molecule has 37 heavy (non-hydrogen) atoms. The molecule has 5 rings (SSSR count). The molecule has 3 aromatic heterocycles. The number of carboxylic acid groups (broad SMARTS) is 1. The van der Waals surface area contributed by atoms with E-state index in [4.69, 9.17) is 20.6 Å². The van der Waals surface area contributed by atoms with Crippen LogP contribution < -0.4 is 10.5 Å². The molecule has 1 atom stereocenters. The Kier molecular flexibility index (Phi) is 6.70. The Hall–Kier alpha value is -4.49. The highest BCUT2D eigenvalue weighted by Gasteiger charge is 2.27. The molecule has 0 bridgehead atoms. The lowest BCUT2D eigenvalue weighted by Gasteiger charge is -2.30. The molecule has 4 aromatic rings. The number of ether oxygens (including phenoxy) is 1. The fourth-order valence-electron chi connectivity index (χ4n) is 4.64. The molecular formula is C27H25FN6O3. The molecule has 0 saturated carbocycles. The normalized spacial score (nSPS) is 15.8. The number of carbonyl (C=O) groups is 1. The van der Waals surface area contributed by atoms with Gasteiger partial charge in [0.25, 0.3) is 0 Å². The number of imidazole rings is 1. The van der Waals surface area contributed by atoms with Gasteiger partial charge < -0.3 is 15.6 Å². The van der Waals surface area contributed by atoms with E-state index in [-0.39, 0.29) is 34.6 Å². The van der Waals surface area contributed by atoms with E-state index in [1.807, 2.05) is 13.0 Å². The van der Waals surface area contributed by atoms with Crippen LogP contribution in [0.2, 0.25) is 0 Å². The van der Waals surface area contributed by atoms with Crippen LogP contribution in [0, 0.1) is 17.7 Å². The maximum Gasteiger partial charge on any atom is 0.335 e. The van der Waals surface area contributed by atoms with E-state index >= 15 is 4.39 Å². The number of rotatable bonds is 6. The molecule has 3 N–H and O–H groups in total. The van der Waals surface area contributed by atoms with E-state index < -0.39 is 11.8 Å². The van der Waals surface area contributed by atoms with Crippen molar-refractivity contribution in [2.24, 2.45) is 0 Å². The summed E-state index contributed by atoms with van der Waals surface area (Å²) in [5, 5.41) is 9.16. The smallest absolute Gasteiger partial charge is 0.335 e. The number of hydrogen-bond acceptors (Lipinski definition) is 7. The van der Waals surface area contributed by atoms with E-state index in [1.165, 1.54) is 24.4 Å². The zero-order valence-electron chi connectivity index (χ0n) is 20.2. The second kappa shape index (κ2) is 10.2. The number of halogens is 1. The third-order valence-electron chi connectivity index (χ3n) is 6.37. The summed E-state index contributed by atoms with van der Waals surface area (Å²) in [6.07, 6.45) is 4.93. The Morgan fingerprint density at radius 3 is 2.86 bits per heavy atom. The second-order valence-corrected chi connectivity index (χ2v) is 8.78. The van der Waals surface area contributed by atoms with Crippen molar-refractivity contribution in [2.45, 2.75) is 25.7 Å². The van der Waals surface area contributed by atoms with Gasteiger partial charge in [-0.05, 0) is 50.6 Å². The molecule has 9 nitrogen and oxygen atoms in total. The number of benzene rings is 1. The molecule has 1 aromatic carbocycles. The van der Waals surface area contributed by atoms with Crippen LogP contribution in [0.1, 0.15) is 41.7 Å². The largest absolute Gasteiger partial charge is 0.478 e.